The highest BCUT2D eigenvalue weighted by molar-refractivity contribution is 5.89. The third-order valence-corrected chi connectivity index (χ3v) is 3.74. The fourth-order valence-electron chi connectivity index (χ4n) is 2.41. The van der Waals surface area contributed by atoms with E-state index in [0.29, 0.717) is 6.42 Å². The van der Waals surface area contributed by atoms with Gasteiger partial charge in [0, 0.05) is 6.42 Å². The predicted molar refractivity (Wildman–Crippen MR) is 86.0 cm³/mol. The molecule has 0 unspecified atom stereocenters. The van der Waals surface area contributed by atoms with Crippen molar-refractivity contribution in [2.75, 3.05) is 0 Å². The summed E-state index contributed by atoms with van der Waals surface area (Å²) < 4.78 is 42.3. The van der Waals surface area contributed by atoms with Gasteiger partial charge in [-0.1, -0.05) is 26.2 Å². The summed E-state index contributed by atoms with van der Waals surface area (Å²) in [7, 11) is 0. The first-order chi connectivity index (χ1) is 11.3. The van der Waals surface area contributed by atoms with E-state index < -0.39 is 24.7 Å². The van der Waals surface area contributed by atoms with E-state index in [0.717, 1.165) is 25.7 Å². The summed E-state index contributed by atoms with van der Waals surface area (Å²) >= 11 is 0. The Kier molecular flexibility index (Phi) is 8.65. The van der Waals surface area contributed by atoms with E-state index in [2.05, 4.69) is 6.92 Å². The number of phenolic OH excluding ortho intramolecular Hbond substituents is 1. The van der Waals surface area contributed by atoms with Crippen LogP contribution in [0, 0.1) is 0 Å². The molecule has 0 heterocycles. The second-order valence-electron chi connectivity index (χ2n) is 5.93. The molecule has 0 aliphatic heterocycles. The zero-order valence-corrected chi connectivity index (χ0v) is 13.9. The van der Waals surface area contributed by atoms with Gasteiger partial charge < -0.3 is 9.84 Å². The van der Waals surface area contributed by atoms with E-state index in [1.165, 1.54) is 24.3 Å². The van der Waals surface area contributed by atoms with E-state index in [9.17, 15) is 23.1 Å². The maximum Gasteiger partial charge on any atom is 0.389 e. The highest BCUT2D eigenvalue weighted by atomic mass is 19.4. The topological polar surface area (TPSA) is 46.5 Å². The molecule has 0 amide bonds. The van der Waals surface area contributed by atoms with Crippen LogP contribution in [0.1, 0.15) is 68.6 Å². The molecule has 0 bridgehead atoms. The molecule has 0 fully saturated rings. The molecule has 1 N–H and O–H groups in total. The maximum absolute atomic E-state index is 12.3. The first kappa shape index (κ1) is 20.3. The molecule has 1 rings (SSSR count). The van der Waals surface area contributed by atoms with E-state index in [-0.39, 0.29) is 24.2 Å². The van der Waals surface area contributed by atoms with E-state index in [1.54, 1.807) is 0 Å². The highest BCUT2D eigenvalue weighted by Crippen LogP contribution is 2.25. The summed E-state index contributed by atoms with van der Waals surface area (Å²) in [6.45, 7) is 2.08. The lowest BCUT2D eigenvalue weighted by Gasteiger charge is -2.18. The molecule has 0 aliphatic rings. The molecule has 1 aromatic rings. The van der Waals surface area contributed by atoms with Crippen LogP contribution in [0.2, 0.25) is 0 Å². The van der Waals surface area contributed by atoms with Crippen molar-refractivity contribution in [2.45, 2.75) is 70.6 Å². The molecule has 0 spiro atoms. The number of aromatic hydroxyl groups is 1. The number of esters is 1. The molecule has 0 saturated heterocycles. The maximum atomic E-state index is 12.3. The van der Waals surface area contributed by atoms with Gasteiger partial charge in [-0.2, -0.15) is 13.2 Å². The predicted octanol–water partition coefficient (Wildman–Crippen LogP) is 5.62. The summed E-state index contributed by atoms with van der Waals surface area (Å²) in [5.41, 5.74) is 0.280. The third kappa shape index (κ3) is 8.79. The van der Waals surface area contributed by atoms with Gasteiger partial charge in [-0.25, -0.2) is 4.79 Å². The average Bonchev–Trinajstić information content (AvgIpc) is 2.50. The lowest BCUT2D eigenvalue weighted by molar-refractivity contribution is -0.136. The molecule has 3 nitrogen and oxygen atoms in total. The largest absolute Gasteiger partial charge is 0.508 e. The smallest absolute Gasteiger partial charge is 0.389 e. The van der Waals surface area contributed by atoms with Crippen molar-refractivity contribution in [2.24, 2.45) is 0 Å². The summed E-state index contributed by atoms with van der Waals surface area (Å²) in [6.07, 6.45) is -0.917. The van der Waals surface area contributed by atoms with Crippen molar-refractivity contribution < 1.29 is 27.8 Å². The molecule has 24 heavy (non-hydrogen) atoms. The molecular weight excluding hydrogens is 321 g/mol. The van der Waals surface area contributed by atoms with E-state index in [4.69, 9.17) is 4.74 Å². The van der Waals surface area contributed by atoms with Crippen molar-refractivity contribution in [3.8, 4) is 5.75 Å². The minimum Gasteiger partial charge on any atom is -0.508 e. The molecular formula is C18H25F3O3. The number of alkyl halides is 3. The fourth-order valence-corrected chi connectivity index (χ4v) is 2.41. The molecule has 1 aromatic carbocycles. The first-order valence-corrected chi connectivity index (χ1v) is 8.38. The van der Waals surface area contributed by atoms with Crippen molar-refractivity contribution in [1.29, 1.82) is 0 Å². The number of ether oxygens (including phenoxy) is 1. The summed E-state index contributed by atoms with van der Waals surface area (Å²) in [4.78, 5) is 12.1. The standard InChI is InChI=1S/C18H25F3O3/c1-2-3-4-5-7-16(8-6-13-18(19,20)21)24-17(23)14-9-11-15(22)12-10-14/h9-12,16,22H,2-8,13H2,1H3/t16-/m1/s1. The minimum absolute atomic E-state index is 0.0350. The molecule has 0 saturated carbocycles. The first-order valence-electron chi connectivity index (χ1n) is 8.38. The number of phenols is 1. The Balaban J connectivity index is 2.55. The Morgan fingerprint density at radius 3 is 2.29 bits per heavy atom. The van der Waals surface area contributed by atoms with E-state index >= 15 is 0 Å². The number of halogens is 3. The van der Waals surface area contributed by atoms with Crippen LogP contribution in [0.5, 0.6) is 5.75 Å². The van der Waals surface area contributed by atoms with E-state index in [1.807, 2.05) is 0 Å². The number of hydrogen-bond donors (Lipinski definition) is 1. The van der Waals surface area contributed by atoms with Gasteiger partial charge in [0.2, 0.25) is 0 Å². The zero-order valence-electron chi connectivity index (χ0n) is 13.9. The highest BCUT2D eigenvalue weighted by Gasteiger charge is 2.27. The summed E-state index contributed by atoms with van der Waals surface area (Å²) in [5.74, 6) is -0.532. The van der Waals surface area contributed by atoms with Crippen LogP contribution in [0.25, 0.3) is 0 Å². The SMILES string of the molecule is CCCCCC[C@H](CCCC(F)(F)F)OC(=O)c1ccc(O)cc1. The van der Waals surface area contributed by atoms with Gasteiger partial charge in [-0.3, -0.25) is 0 Å². The number of carbonyl (C=O) groups excluding carboxylic acids is 1. The molecule has 6 heteroatoms. The van der Waals surface area contributed by atoms with Gasteiger partial charge in [0.25, 0.3) is 0 Å². The van der Waals surface area contributed by atoms with Crippen LogP contribution < -0.4 is 0 Å². The Bertz CT molecular complexity index is 483. The van der Waals surface area contributed by atoms with Gasteiger partial charge in [0.15, 0.2) is 0 Å². The Morgan fingerprint density at radius 1 is 1.08 bits per heavy atom. The number of unbranched alkanes of at least 4 members (excludes halogenated alkanes) is 3. The quantitative estimate of drug-likeness (QED) is 0.442. The van der Waals surface area contributed by atoms with Crippen LogP contribution in [-0.2, 0) is 4.74 Å². The fraction of sp³-hybridized carbons (Fsp3) is 0.611. The summed E-state index contributed by atoms with van der Waals surface area (Å²) in [6, 6.07) is 5.61. The third-order valence-electron chi connectivity index (χ3n) is 3.74. The lowest BCUT2D eigenvalue weighted by atomic mass is 10.0. The number of carbonyl (C=O) groups is 1. The van der Waals surface area contributed by atoms with Crippen LogP contribution in [0.15, 0.2) is 24.3 Å². The van der Waals surface area contributed by atoms with Gasteiger partial charge in [0.1, 0.15) is 11.9 Å². The number of rotatable bonds is 10. The zero-order chi connectivity index (χ0) is 18.0. The normalized spacial score (nSPS) is 12.8. The second-order valence-corrected chi connectivity index (χ2v) is 5.93. The second kappa shape index (κ2) is 10.2. The Morgan fingerprint density at radius 2 is 1.71 bits per heavy atom. The van der Waals surface area contributed by atoms with Crippen molar-refractivity contribution in [1.82, 2.24) is 0 Å². The average molecular weight is 346 g/mol. The number of benzene rings is 1. The van der Waals surface area contributed by atoms with Crippen LogP contribution in [-0.4, -0.2) is 23.4 Å². The molecule has 0 aliphatic carbocycles. The monoisotopic (exact) mass is 346 g/mol. The lowest BCUT2D eigenvalue weighted by Crippen LogP contribution is -2.19. The van der Waals surface area contributed by atoms with Gasteiger partial charge in [0.05, 0.1) is 5.56 Å². The van der Waals surface area contributed by atoms with Gasteiger partial charge in [-0.15, -0.1) is 0 Å². The molecule has 0 aromatic heterocycles. The van der Waals surface area contributed by atoms with Crippen LogP contribution in [0.3, 0.4) is 0 Å². The van der Waals surface area contributed by atoms with Crippen molar-refractivity contribution in [3.05, 3.63) is 29.8 Å². The Hall–Kier alpha value is -1.72. The minimum atomic E-state index is -4.19. The van der Waals surface area contributed by atoms with Gasteiger partial charge >= 0.3 is 12.1 Å². The molecule has 136 valence electrons. The molecule has 1 atom stereocenters. The number of hydrogen-bond acceptors (Lipinski definition) is 3. The van der Waals surface area contributed by atoms with Crippen LogP contribution >= 0.6 is 0 Å². The molecule has 0 radical (unpaired) electrons. The van der Waals surface area contributed by atoms with Crippen molar-refractivity contribution in [3.63, 3.8) is 0 Å². The van der Waals surface area contributed by atoms with Crippen molar-refractivity contribution >= 4 is 5.97 Å². The summed E-state index contributed by atoms with van der Waals surface area (Å²) in [5, 5.41) is 9.22. The van der Waals surface area contributed by atoms with Gasteiger partial charge in [-0.05, 0) is 49.9 Å². The Labute approximate surface area is 140 Å². The van der Waals surface area contributed by atoms with Crippen LogP contribution in [0.4, 0.5) is 13.2 Å².